The first-order valence-electron chi connectivity index (χ1n) is 3.98. The molecule has 0 saturated carbocycles. The summed E-state index contributed by atoms with van der Waals surface area (Å²) in [4.78, 5) is 2.29. The van der Waals surface area contributed by atoms with Gasteiger partial charge in [-0.05, 0) is 33.9 Å². The second-order valence-corrected chi connectivity index (χ2v) is 3.32. The van der Waals surface area contributed by atoms with E-state index in [1.54, 1.807) is 0 Å². The van der Waals surface area contributed by atoms with Gasteiger partial charge in [0.1, 0.15) is 0 Å². The summed E-state index contributed by atoms with van der Waals surface area (Å²) >= 11 is 0. The first kappa shape index (κ1) is 8.02. The van der Waals surface area contributed by atoms with Crippen LogP contribution in [0.25, 0.3) is 0 Å². The molecular formula is C8H17NO. The molecular weight excluding hydrogens is 126 g/mol. The van der Waals surface area contributed by atoms with Gasteiger partial charge in [0.2, 0.25) is 0 Å². The quantitative estimate of drug-likeness (QED) is 0.545. The molecule has 2 nitrogen and oxygen atoms in total. The lowest BCUT2D eigenvalue weighted by atomic mass is 10.0. The van der Waals surface area contributed by atoms with Crippen molar-refractivity contribution in [3.8, 4) is 0 Å². The molecule has 0 amide bonds. The minimum atomic E-state index is 0.459. The predicted octanol–water partition coefficient (Wildman–Crippen LogP) is 1.12. The summed E-state index contributed by atoms with van der Waals surface area (Å²) in [6.45, 7) is 3.08. The molecule has 1 aliphatic rings. The highest BCUT2D eigenvalue weighted by Crippen LogP contribution is 2.16. The predicted molar refractivity (Wildman–Crippen MR) is 42.1 cm³/mol. The van der Waals surface area contributed by atoms with Gasteiger partial charge < -0.3 is 9.64 Å². The van der Waals surface area contributed by atoms with Crippen molar-refractivity contribution in [3.63, 3.8) is 0 Å². The first-order chi connectivity index (χ1) is 4.70. The average Bonchev–Trinajstić information content (AvgIpc) is 1.88. The normalized spacial score (nSPS) is 34.8. The molecule has 0 radical (unpaired) electrons. The molecule has 0 spiro atoms. The van der Waals surface area contributed by atoms with Crippen LogP contribution in [0, 0.1) is 0 Å². The first-order valence-corrected chi connectivity index (χ1v) is 3.98. The maximum absolute atomic E-state index is 5.43. The Bertz CT molecular complexity index is 103. The second kappa shape index (κ2) is 3.35. The van der Waals surface area contributed by atoms with Crippen LogP contribution in [0.2, 0.25) is 0 Å². The number of hydrogen-bond donors (Lipinski definition) is 0. The van der Waals surface area contributed by atoms with Crippen LogP contribution in [0.1, 0.15) is 19.8 Å². The zero-order chi connectivity index (χ0) is 7.56. The molecule has 1 rings (SSSR count). The van der Waals surface area contributed by atoms with Crippen LogP contribution in [-0.2, 0) is 4.74 Å². The van der Waals surface area contributed by atoms with Gasteiger partial charge in [-0.15, -0.1) is 0 Å². The van der Waals surface area contributed by atoms with E-state index in [2.05, 4.69) is 25.9 Å². The van der Waals surface area contributed by atoms with Crippen molar-refractivity contribution in [1.82, 2.24) is 4.90 Å². The third kappa shape index (κ3) is 1.96. The van der Waals surface area contributed by atoms with Gasteiger partial charge in [-0.3, -0.25) is 0 Å². The Morgan fingerprint density at radius 1 is 1.40 bits per heavy atom. The van der Waals surface area contributed by atoms with Crippen molar-refractivity contribution in [1.29, 1.82) is 0 Å². The minimum Gasteiger partial charge on any atom is -0.378 e. The maximum Gasteiger partial charge on any atom is 0.0561 e. The van der Waals surface area contributed by atoms with Crippen molar-refractivity contribution in [2.45, 2.75) is 31.9 Å². The molecule has 10 heavy (non-hydrogen) atoms. The summed E-state index contributed by atoms with van der Waals surface area (Å²) in [6.07, 6.45) is 2.84. The molecule has 0 N–H and O–H groups in total. The van der Waals surface area contributed by atoms with Gasteiger partial charge in [-0.1, -0.05) is 0 Å². The van der Waals surface area contributed by atoms with E-state index in [1.807, 2.05) is 0 Å². The molecule has 1 unspecified atom stereocenters. The summed E-state index contributed by atoms with van der Waals surface area (Å²) in [7, 11) is 4.28. The lowest BCUT2D eigenvalue weighted by Crippen LogP contribution is -2.37. The van der Waals surface area contributed by atoms with Gasteiger partial charge in [0.25, 0.3) is 0 Å². The Morgan fingerprint density at radius 2 is 2.10 bits per heavy atom. The number of rotatable bonds is 1. The van der Waals surface area contributed by atoms with Crippen LogP contribution >= 0.6 is 0 Å². The number of nitrogens with zero attached hydrogens (tertiary/aromatic N) is 1. The standard InChI is InChI=1S/C8H17NO/c1-7-6-8(9(2)3)4-5-10-7/h7-8H,4-6H2,1-3H3/t7-,8?/m1/s1. The Labute approximate surface area is 63.2 Å². The van der Waals surface area contributed by atoms with Crippen molar-refractivity contribution < 1.29 is 4.74 Å². The minimum absolute atomic E-state index is 0.459. The van der Waals surface area contributed by atoms with Crippen LogP contribution in [0.3, 0.4) is 0 Å². The summed E-state index contributed by atoms with van der Waals surface area (Å²) in [5, 5.41) is 0. The largest absolute Gasteiger partial charge is 0.378 e. The van der Waals surface area contributed by atoms with E-state index < -0.39 is 0 Å². The van der Waals surface area contributed by atoms with Crippen molar-refractivity contribution in [3.05, 3.63) is 0 Å². The van der Waals surface area contributed by atoms with Gasteiger partial charge in [0, 0.05) is 12.6 Å². The third-order valence-electron chi connectivity index (χ3n) is 2.19. The maximum atomic E-state index is 5.43. The Balaban J connectivity index is 2.32. The fraction of sp³-hybridized carbons (Fsp3) is 1.00. The average molecular weight is 143 g/mol. The van der Waals surface area contributed by atoms with E-state index in [-0.39, 0.29) is 0 Å². The molecule has 2 heteroatoms. The van der Waals surface area contributed by atoms with Crippen LogP contribution in [0.5, 0.6) is 0 Å². The van der Waals surface area contributed by atoms with Gasteiger partial charge in [0.15, 0.2) is 0 Å². The topological polar surface area (TPSA) is 12.5 Å². The molecule has 60 valence electrons. The molecule has 0 aliphatic carbocycles. The lowest BCUT2D eigenvalue weighted by molar-refractivity contribution is -0.00673. The van der Waals surface area contributed by atoms with Crippen LogP contribution in [-0.4, -0.2) is 37.7 Å². The summed E-state index contributed by atoms with van der Waals surface area (Å²) < 4.78 is 5.43. The highest BCUT2D eigenvalue weighted by Gasteiger charge is 2.20. The summed E-state index contributed by atoms with van der Waals surface area (Å²) in [5.74, 6) is 0. The van der Waals surface area contributed by atoms with Gasteiger partial charge >= 0.3 is 0 Å². The molecule has 1 fully saturated rings. The SMILES string of the molecule is C[C@@H]1CC(N(C)C)CCO1. The molecule has 0 aromatic carbocycles. The smallest absolute Gasteiger partial charge is 0.0561 e. The fourth-order valence-electron chi connectivity index (χ4n) is 1.44. The van der Waals surface area contributed by atoms with E-state index in [0.29, 0.717) is 6.10 Å². The fourth-order valence-corrected chi connectivity index (χ4v) is 1.44. The summed E-state index contributed by atoms with van der Waals surface area (Å²) in [5.41, 5.74) is 0. The third-order valence-corrected chi connectivity index (χ3v) is 2.19. The number of ether oxygens (including phenoxy) is 1. The van der Waals surface area contributed by atoms with Gasteiger partial charge in [0.05, 0.1) is 6.10 Å². The highest BCUT2D eigenvalue weighted by atomic mass is 16.5. The molecule has 0 aromatic rings. The lowest BCUT2D eigenvalue weighted by Gasteiger charge is -2.31. The van der Waals surface area contributed by atoms with E-state index in [9.17, 15) is 0 Å². The number of hydrogen-bond acceptors (Lipinski definition) is 2. The summed E-state index contributed by atoms with van der Waals surface area (Å²) in [6, 6.07) is 0.740. The Kier molecular flexibility index (Phi) is 2.69. The highest BCUT2D eigenvalue weighted by molar-refractivity contribution is 4.73. The van der Waals surface area contributed by atoms with E-state index >= 15 is 0 Å². The molecule has 1 heterocycles. The van der Waals surface area contributed by atoms with Crippen LogP contribution in [0.15, 0.2) is 0 Å². The van der Waals surface area contributed by atoms with E-state index in [1.165, 1.54) is 12.8 Å². The van der Waals surface area contributed by atoms with E-state index in [4.69, 9.17) is 4.74 Å². The molecule has 1 saturated heterocycles. The van der Waals surface area contributed by atoms with Crippen LogP contribution in [0.4, 0.5) is 0 Å². The Morgan fingerprint density at radius 3 is 2.50 bits per heavy atom. The molecule has 0 bridgehead atoms. The van der Waals surface area contributed by atoms with Crippen LogP contribution < -0.4 is 0 Å². The zero-order valence-electron chi connectivity index (χ0n) is 7.13. The van der Waals surface area contributed by atoms with E-state index in [0.717, 1.165) is 12.6 Å². The molecule has 0 aromatic heterocycles. The van der Waals surface area contributed by atoms with Gasteiger partial charge in [-0.2, -0.15) is 0 Å². The van der Waals surface area contributed by atoms with Gasteiger partial charge in [-0.25, -0.2) is 0 Å². The van der Waals surface area contributed by atoms with Crippen molar-refractivity contribution >= 4 is 0 Å². The molecule has 2 atom stereocenters. The zero-order valence-corrected chi connectivity index (χ0v) is 7.13. The second-order valence-electron chi connectivity index (χ2n) is 3.32. The van der Waals surface area contributed by atoms with Crippen molar-refractivity contribution in [2.24, 2.45) is 0 Å². The Hall–Kier alpha value is -0.0800. The van der Waals surface area contributed by atoms with Crippen molar-refractivity contribution in [2.75, 3.05) is 20.7 Å². The molecule has 1 aliphatic heterocycles. The monoisotopic (exact) mass is 143 g/mol.